The number of hydrogen-bond acceptors (Lipinski definition) is 7. The summed E-state index contributed by atoms with van der Waals surface area (Å²) in [6.07, 6.45) is 0. The molecule has 8 nitrogen and oxygen atoms in total. The first-order valence-corrected chi connectivity index (χ1v) is 12.1. The Bertz CT molecular complexity index is 1360. The van der Waals surface area contributed by atoms with E-state index in [1.807, 2.05) is 31.2 Å². The fraction of sp³-hybridized carbons (Fsp3) is 0.233. The molecular weight excluding hydrogens is 486 g/mol. The number of aliphatic hydroxyl groups is 1. The number of carbonyl (C=O) groups excluding carboxylic acids is 3. The summed E-state index contributed by atoms with van der Waals surface area (Å²) in [5.41, 5.74) is 3.40. The van der Waals surface area contributed by atoms with Crippen LogP contribution in [-0.2, 0) is 25.7 Å². The van der Waals surface area contributed by atoms with Crippen molar-refractivity contribution in [2.24, 2.45) is 0 Å². The molecule has 1 unspecified atom stereocenters. The molecule has 1 fully saturated rings. The normalized spacial score (nSPS) is 16.5. The highest BCUT2D eigenvalue weighted by molar-refractivity contribution is 6.46. The number of benzene rings is 3. The number of methoxy groups -OCH3 is 2. The summed E-state index contributed by atoms with van der Waals surface area (Å²) in [6.45, 7) is 2.75. The Balaban J connectivity index is 1.65. The highest BCUT2D eigenvalue weighted by atomic mass is 16.5. The molecule has 1 amide bonds. The number of Topliss-reactive ketones (excluding diaryl/α,β-unsaturated/α-hetero) is 1. The molecule has 0 spiro atoms. The molecule has 0 radical (unpaired) electrons. The number of amides is 1. The van der Waals surface area contributed by atoms with E-state index in [-0.39, 0.29) is 24.5 Å². The summed E-state index contributed by atoms with van der Waals surface area (Å²) in [6, 6.07) is 20.2. The van der Waals surface area contributed by atoms with Crippen LogP contribution in [0.25, 0.3) is 5.76 Å². The smallest absolute Gasteiger partial charge is 0.337 e. The van der Waals surface area contributed by atoms with E-state index in [0.717, 1.165) is 11.1 Å². The number of esters is 1. The molecular formula is C30H29NO7. The predicted molar refractivity (Wildman–Crippen MR) is 141 cm³/mol. The molecule has 1 heterocycles. The molecule has 1 atom stereocenters. The molecule has 38 heavy (non-hydrogen) atoms. The Labute approximate surface area is 221 Å². The maximum Gasteiger partial charge on any atom is 0.337 e. The van der Waals surface area contributed by atoms with Gasteiger partial charge in [-0.2, -0.15) is 0 Å². The predicted octanol–water partition coefficient (Wildman–Crippen LogP) is 4.43. The van der Waals surface area contributed by atoms with Gasteiger partial charge in [-0.25, -0.2) is 4.79 Å². The van der Waals surface area contributed by atoms with Gasteiger partial charge in [0.05, 0.1) is 30.9 Å². The molecule has 3 aromatic rings. The van der Waals surface area contributed by atoms with E-state index >= 15 is 0 Å². The van der Waals surface area contributed by atoms with Crippen LogP contribution in [0.4, 0.5) is 0 Å². The molecule has 4 rings (SSSR count). The van der Waals surface area contributed by atoms with E-state index in [1.165, 1.54) is 19.1 Å². The molecule has 0 aromatic heterocycles. The summed E-state index contributed by atoms with van der Waals surface area (Å²) in [4.78, 5) is 39.3. The number of ether oxygens (including phenoxy) is 3. The largest absolute Gasteiger partial charge is 0.507 e. The van der Waals surface area contributed by atoms with Crippen molar-refractivity contribution >= 4 is 23.4 Å². The zero-order valence-electron chi connectivity index (χ0n) is 21.5. The van der Waals surface area contributed by atoms with Crippen LogP contribution < -0.4 is 4.74 Å². The second-order valence-electron chi connectivity index (χ2n) is 8.90. The van der Waals surface area contributed by atoms with Gasteiger partial charge in [0.1, 0.15) is 18.1 Å². The van der Waals surface area contributed by atoms with Gasteiger partial charge < -0.3 is 24.2 Å². The lowest BCUT2D eigenvalue weighted by Crippen LogP contribution is -2.32. The molecule has 8 heteroatoms. The molecule has 1 aliphatic heterocycles. The molecule has 3 aromatic carbocycles. The summed E-state index contributed by atoms with van der Waals surface area (Å²) in [5, 5.41) is 11.2. The minimum absolute atomic E-state index is 0.0367. The monoisotopic (exact) mass is 515 g/mol. The quantitative estimate of drug-likeness (QED) is 0.195. The first-order valence-electron chi connectivity index (χ1n) is 12.1. The van der Waals surface area contributed by atoms with Crippen LogP contribution in [0.1, 0.15) is 38.7 Å². The number of aliphatic hydroxyl groups excluding tert-OH is 1. The minimum Gasteiger partial charge on any atom is -0.507 e. The van der Waals surface area contributed by atoms with Crippen molar-refractivity contribution in [2.75, 3.05) is 27.4 Å². The van der Waals surface area contributed by atoms with Gasteiger partial charge in [-0.05, 0) is 54.4 Å². The van der Waals surface area contributed by atoms with Crippen LogP contribution in [0.15, 0.2) is 78.4 Å². The Morgan fingerprint density at radius 2 is 1.63 bits per heavy atom. The molecule has 0 aliphatic carbocycles. The van der Waals surface area contributed by atoms with Crippen LogP contribution in [-0.4, -0.2) is 55.0 Å². The third-order valence-corrected chi connectivity index (χ3v) is 6.34. The van der Waals surface area contributed by atoms with Gasteiger partial charge in [-0.3, -0.25) is 9.59 Å². The number of carbonyl (C=O) groups is 3. The van der Waals surface area contributed by atoms with Gasteiger partial charge in [0.25, 0.3) is 11.7 Å². The summed E-state index contributed by atoms with van der Waals surface area (Å²) < 4.78 is 15.7. The minimum atomic E-state index is -0.853. The number of hydrogen-bond donors (Lipinski definition) is 1. The molecule has 1 N–H and O–H groups in total. The molecule has 1 aliphatic rings. The zero-order valence-corrected chi connectivity index (χ0v) is 21.5. The Kier molecular flexibility index (Phi) is 8.23. The van der Waals surface area contributed by atoms with Crippen molar-refractivity contribution in [2.45, 2.75) is 19.6 Å². The van der Waals surface area contributed by atoms with Crippen molar-refractivity contribution in [3.05, 3.63) is 106 Å². The van der Waals surface area contributed by atoms with Gasteiger partial charge >= 0.3 is 5.97 Å². The van der Waals surface area contributed by atoms with Gasteiger partial charge in [-0.1, -0.05) is 42.0 Å². The number of likely N-dealkylation sites (tertiary alicyclic amines) is 1. The van der Waals surface area contributed by atoms with Gasteiger partial charge in [0.15, 0.2) is 0 Å². The van der Waals surface area contributed by atoms with E-state index in [1.54, 1.807) is 48.5 Å². The van der Waals surface area contributed by atoms with E-state index in [9.17, 15) is 19.5 Å². The Hall–Kier alpha value is -4.43. The third kappa shape index (κ3) is 5.60. The summed E-state index contributed by atoms with van der Waals surface area (Å²) in [7, 11) is 2.79. The van der Waals surface area contributed by atoms with Crippen molar-refractivity contribution in [1.29, 1.82) is 0 Å². The highest BCUT2D eigenvalue weighted by Crippen LogP contribution is 2.39. The van der Waals surface area contributed by atoms with E-state index in [0.29, 0.717) is 29.0 Å². The van der Waals surface area contributed by atoms with Crippen molar-refractivity contribution < 1.29 is 33.7 Å². The van der Waals surface area contributed by atoms with Crippen LogP contribution in [0, 0.1) is 6.92 Å². The second-order valence-corrected chi connectivity index (χ2v) is 8.90. The first kappa shape index (κ1) is 26.6. The Morgan fingerprint density at radius 1 is 0.947 bits per heavy atom. The van der Waals surface area contributed by atoms with Crippen LogP contribution in [0.3, 0.4) is 0 Å². The van der Waals surface area contributed by atoms with E-state index < -0.39 is 23.7 Å². The fourth-order valence-electron chi connectivity index (χ4n) is 4.40. The Morgan fingerprint density at radius 3 is 2.26 bits per heavy atom. The standard InChI is InChI=1S/C30H29NO7/c1-19-5-4-6-20(17-19)18-38-24-13-11-22(12-14-24)27(32)25-26(31(15-16-36-2)29(34)28(25)33)21-7-9-23(10-8-21)30(35)37-3/h4-14,17,26,32H,15-16,18H2,1-3H3/b27-25-. The molecule has 0 bridgehead atoms. The topological polar surface area (TPSA) is 102 Å². The maximum atomic E-state index is 13.1. The zero-order chi connectivity index (χ0) is 27.2. The van der Waals surface area contributed by atoms with E-state index in [2.05, 4.69) is 0 Å². The van der Waals surface area contributed by atoms with Gasteiger partial charge in [-0.15, -0.1) is 0 Å². The van der Waals surface area contributed by atoms with Crippen molar-refractivity contribution in [1.82, 2.24) is 4.90 Å². The van der Waals surface area contributed by atoms with Crippen LogP contribution in [0.5, 0.6) is 5.75 Å². The molecule has 196 valence electrons. The maximum absolute atomic E-state index is 13.1. The second kappa shape index (κ2) is 11.7. The lowest BCUT2D eigenvalue weighted by atomic mass is 9.94. The van der Waals surface area contributed by atoms with Crippen LogP contribution in [0.2, 0.25) is 0 Å². The number of nitrogens with zero attached hydrogens (tertiary/aromatic N) is 1. The lowest BCUT2D eigenvalue weighted by Gasteiger charge is -2.25. The highest BCUT2D eigenvalue weighted by Gasteiger charge is 2.45. The van der Waals surface area contributed by atoms with Gasteiger partial charge in [0.2, 0.25) is 0 Å². The number of rotatable bonds is 9. The van der Waals surface area contributed by atoms with Crippen LogP contribution >= 0.6 is 0 Å². The average molecular weight is 516 g/mol. The SMILES string of the molecule is COCCN1C(=O)C(=O)/C(=C(\O)c2ccc(OCc3cccc(C)c3)cc2)C1c1ccc(C(=O)OC)cc1. The average Bonchev–Trinajstić information content (AvgIpc) is 3.19. The van der Waals surface area contributed by atoms with Crippen molar-refractivity contribution in [3.63, 3.8) is 0 Å². The number of ketones is 1. The fourth-order valence-corrected chi connectivity index (χ4v) is 4.40. The van der Waals surface area contributed by atoms with E-state index in [4.69, 9.17) is 14.2 Å². The first-order chi connectivity index (χ1) is 18.3. The summed E-state index contributed by atoms with van der Waals surface area (Å²) in [5.74, 6) is -1.73. The molecule has 1 saturated heterocycles. The molecule has 0 saturated carbocycles. The third-order valence-electron chi connectivity index (χ3n) is 6.34. The van der Waals surface area contributed by atoms with Crippen molar-refractivity contribution in [3.8, 4) is 5.75 Å². The summed E-state index contributed by atoms with van der Waals surface area (Å²) >= 11 is 0. The lowest BCUT2D eigenvalue weighted by molar-refractivity contribution is -0.140. The number of aryl methyl sites for hydroxylation is 1. The van der Waals surface area contributed by atoms with Gasteiger partial charge in [0, 0.05) is 19.2 Å².